The van der Waals surface area contributed by atoms with Gasteiger partial charge in [-0.1, -0.05) is 42.5 Å². The summed E-state index contributed by atoms with van der Waals surface area (Å²) in [7, 11) is 0. The Kier molecular flexibility index (Phi) is 5.41. The van der Waals surface area contributed by atoms with Crippen molar-refractivity contribution >= 4 is 38.5 Å². The van der Waals surface area contributed by atoms with Crippen LogP contribution in [0.5, 0.6) is 0 Å². The fourth-order valence-corrected chi connectivity index (χ4v) is 3.48. The molecule has 3 aromatic rings. The van der Waals surface area contributed by atoms with Crippen molar-refractivity contribution < 1.29 is 14.1 Å². The first kappa shape index (κ1) is 18.8. The van der Waals surface area contributed by atoms with Crippen molar-refractivity contribution in [1.29, 1.82) is 0 Å². The van der Waals surface area contributed by atoms with Gasteiger partial charge >= 0.3 is 0 Å². The van der Waals surface area contributed by atoms with E-state index in [0.717, 1.165) is 10.2 Å². The summed E-state index contributed by atoms with van der Waals surface area (Å²) < 4.78 is 6.23. The summed E-state index contributed by atoms with van der Waals surface area (Å²) in [6, 6.07) is 7.15. The first-order valence-electron chi connectivity index (χ1n) is 8.55. The van der Waals surface area contributed by atoms with Crippen molar-refractivity contribution in [2.24, 2.45) is 0 Å². The van der Waals surface area contributed by atoms with Crippen LogP contribution in [0.1, 0.15) is 48.5 Å². The van der Waals surface area contributed by atoms with Crippen LogP contribution in [-0.4, -0.2) is 28.0 Å². The predicted molar refractivity (Wildman–Crippen MR) is 104 cm³/mol. The number of hydrazine groups is 1. The lowest BCUT2D eigenvalue weighted by atomic mass is 10.0. The van der Waals surface area contributed by atoms with Crippen LogP contribution < -0.4 is 16.2 Å². The van der Waals surface area contributed by atoms with Gasteiger partial charge in [-0.15, -0.1) is 0 Å². The number of nitrogens with one attached hydrogen (secondary N) is 3. The van der Waals surface area contributed by atoms with Crippen LogP contribution in [0.25, 0.3) is 10.2 Å². The summed E-state index contributed by atoms with van der Waals surface area (Å²) in [5.41, 5.74) is 6.54. The molecule has 0 saturated heterocycles. The van der Waals surface area contributed by atoms with Crippen LogP contribution in [0.4, 0.5) is 5.13 Å². The zero-order chi connectivity index (χ0) is 19.6. The fraction of sp³-hybridized carbons (Fsp3) is 0.333. The molecule has 0 aliphatic heterocycles. The molecule has 2 amide bonds. The van der Waals surface area contributed by atoms with Gasteiger partial charge in [0.25, 0.3) is 11.8 Å². The summed E-state index contributed by atoms with van der Waals surface area (Å²) in [6.45, 7) is 7.18. The number of aromatic nitrogens is 2. The molecule has 1 aromatic carbocycles. The lowest BCUT2D eigenvalue weighted by molar-refractivity contribution is -0.122. The number of amides is 2. The first-order chi connectivity index (χ1) is 12.9. The highest BCUT2D eigenvalue weighted by Gasteiger charge is 2.23. The molecule has 0 radical (unpaired) electrons. The average Bonchev–Trinajstić information content (AvgIpc) is 3.21. The van der Waals surface area contributed by atoms with Gasteiger partial charge in [0.15, 0.2) is 10.9 Å². The number of thiazole rings is 1. The lowest BCUT2D eigenvalue weighted by Gasteiger charge is -2.14. The lowest BCUT2D eigenvalue weighted by Crippen LogP contribution is -2.47. The highest BCUT2D eigenvalue weighted by molar-refractivity contribution is 7.22. The second-order valence-electron chi connectivity index (χ2n) is 6.46. The smallest absolute Gasteiger partial charge is 0.275 e. The second kappa shape index (κ2) is 7.75. The number of nitrogens with zero attached hydrogens (tertiary/aromatic N) is 2. The molecule has 8 nitrogen and oxygen atoms in total. The number of fused-ring (bicyclic) bond motifs is 1. The van der Waals surface area contributed by atoms with E-state index < -0.39 is 11.9 Å². The van der Waals surface area contributed by atoms with E-state index in [2.05, 4.69) is 26.3 Å². The molecule has 9 heteroatoms. The van der Waals surface area contributed by atoms with Crippen molar-refractivity contribution in [3.63, 3.8) is 0 Å². The highest BCUT2D eigenvalue weighted by Crippen LogP contribution is 2.26. The van der Waals surface area contributed by atoms with Crippen molar-refractivity contribution in [3.05, 3.63) is 41.3 Å². The molecular weight excluding hydrogens is 366 g/mol. The molecule has 0 spiro atoms. The van der Waals surface area contributed by atoms with Crippen LogP contribution in [0.15, 0.2) is 28.8 Å². The normalized spacial score (nSPS) is 12.2. The zero-order valence-electron chi connectivity index (χ0n) is 15.5. The molecule has 27 heavy (non-hydrogen) atoms. The summed E-state index contributed by atoms with van der Waals surface area (Å²) >= 11 is 1.46. The number of aryl methyl sites for hydroxylation is 1. The summed E-state index contributed by atoms with van der Waals surface area (Å²) in [6.07, 6.45) is 0. The van der Waals surface area contributed by atoms with Gasteiger partial charge in [-0.25, -0.2) is 4.98 Å². The zero-order valence-corrected chi connectivity index (χ0v) is 16.3. The van der Waals surface area contributed by atoms with Crippen molar-refractivity contribution in [3.8, 4) is 0 Å². The van der Waals surface area contributed by atoms with Crippen molar-refractivity contribution in [2.75, 3.05) is 5.32 Å². The largest absolute Gasteiger partial charge is 0.360 e. The van der Waals surface area contributed by atoms with E-state index in [0.29, 0.717) is 22.1 Å². The van der Waals surface area contributed by atoms with Crippen LogP contribution in [0.3, 0.4) is 0 Å². The number of hydrogen-bond donors (Lipinski definition) is 3. The van der Waals surface area contributed by atoms with E-state index in [1.54, 1.807) is 13.8 Å². The average molecular weight is 387 g/mol. The molecule has 142 valence electrons. The third-order valence-corrected chi connectivity index (χ3v) is 4.93. The van der Waals surface area contributed by atoms with Crippen LogP contribution in [0.2, 0.25) is 0 Å². The minimum absolute atomic E-state index is 0.00211. The fourth-order valence-electron chi connectivity index (χ4n) is 2.53. The molecule has 2 aromatic heterocycles. The number of rotatable bonds is 5. The monoisotopic (exact) mass is 387 g/mol. The van der Waals surface area contributed by atoms with Crippen molar-refractivity contribution in [2.45, 2.75) is 39.7 Å². The standard InChI is InChI=1S/C18H21N5O3S/c1-9(2)15-14(10(3)23-26-15)17(25)22-21-16(24)11(4)19-18-20-12-7-5-6-8-13(12)27-18/h5-9,11H,1-4H3,(H,19,20)(H,21,24)(H,22,25)/t11-/m0/s1. The molecular formula is C18H21N5O3S. The predicted octanol–water partition coefficient (Wildman–Crippen LogP) is 2.98. The minimum atomic E-state index is -0.584. The maximum atomic E-state index is 12.4. The first-order valence-corrected chi connectivity index (χ1v) is 9.37. The van der Waals surface area contributed by atoms with Gasteiger partial charge in [0, 0.05) is 5.92 Å². The molecule has 0 bridgehead atoms. The van der Waals surface area contributed by atoms with E-state index in [9.17, 15) is 9.59 Å². The number of carbonyl (C=O) groups excluding carboxylic acids is 2. The number of hydrogen-bond acceptors (Lipinski definition) is 7. The molecule has 0 saturated carbocycles. The Hall–Kier alpha value is -2.94. The highest BCUT2D eigenvalue weighted by atomic mass is 32.1. The van der Waals surface area contributed by atoms with E-state index in [1.807, 2.05) is 38.1 Å². The Morgan fingerprint density at radius 3 is 2.59 bits per heavy atom. The van der Waals surface area contributed by atoms with Gasteiger partial charge in [0.1, 0.15) is 11.6 Å². The molecule has 3 N–H and O–H groups in total. The third kappa shape index (κ3) is 4.08. The number of anilines is 1. The van der Waals surface area contributed by atoms with Gasteiger partial charge < -0.3 is 9.84 Å². The molecule has 0 aliphatic carbocycles. The van der Waals surface area contributed by atoms with Crippen LogP contribution in [-0.2, 0) is 4.79 Å². The molecule has 0 unspecified atom stereocenters. The van der Waals surface area contributed by atoms with E-state index in [4.69, 9.17) is 4.52 Å². The Bertz CT molecular complexity index is 945. The molecule has 1 atom stereocenters. The topological polar surface area (TPSA) is 109 Å². The van der Waals surface area contributed by atoms with Crippen LogP contribution in [0, 0.1) is 6.92 Å². The van der Waals surface area contributed by atoms with Crippen molar-refractivity contribution in [1.82, 2.24) is 21.0 Å². The Labute approximate surface area is 160 Å². The Morgan fingerprint density at radius 2 is 1.89 bits per heavy atom. The maximum absolute atomic E-state index is 12.4. The van der Waals surface area contributed by atoms with Crippen LogP contribution >= 0.6 is 11.3 Å². The summed E-state index contributed by atoms with van der Waals surface area (Å²) in [5, 5.41) is 7.51. The van der Waals surface area contributed by atoms with E-state index in [-0.39, 0.29) is 11.8 Å². The van der Waals surface area contributed by atoms with Gasteiger partial charge in [-0.2, -0.15) is 0 Å². The SMILES string of the molecule is Cc1noc(C(C)C)c1C(=O)NNC(=O)[C@H](C)Nc1nc2ccccc2s1. The minimum Gasteiger partial charge on any atom is -0.360 e. The molecule has 0 fully saturated rings. The maximum Gasteiger partial charge on any atom is 0.275 e. The van der Waals surface area contributed by atoms with Gasteiger partial charge in [-0.3, -0.25) is 20.4 Å². The Balaban J connectivity index is 1.60. The summed E-state index contributed by atoms with van der Waals surface area (Å²) in [5.74, 6) is -0.358. The number of carbonyl (C=O) groups is 2. The van der Waals surface area contributed by atoms with Gasteiger partial charge in [0.05, 0.1) is 15.9 Å². The quantitative estimate of drug-likeness (QED) is 0.581. The van der Waals surface area contributed by atoms with E-state index in [1.165, 1.54) is 11.3 Å². The van der Waals surface area contributed by atoms with Gasteiger partial charge in [0.2, 0.25) is 0 Å². The summed E-state index contributed by atoms with van der Waals surface area (Å²) in [4.78, 5) is 29.1. The number of benzene rings is 1. The van der Waals surface area contributed by atoms with E-state index >= 15 is 0 Å². The molecule has 0 aliphatic rings. The Morgan fingerprint density at radius 1 is 1.15 bits per heavy atom. The molecule has 2 heterocycles. The van der Waals surface area contributed by atoms with Gasteiger partial charge in [-0.05, 0) is 26.0 Å². The third-order valence-electron chi connectivity index (χ3n) is 3.97. The molecule has 3 rings (SSSR count). The second-order valence-corrected chi connectivity index (χ2v) is 7.49. The number of para-hydroxylation sites is 1.